The Bertz CT molecular complexity index is 1230. The van der Waals surface area contributed by atoms with Crippen LogP contribution in [-0.2, 0) is 0 Å². The van der Waals surface area contributed by atoms with E-state index < -0.39 is 0 Å². The number of allylic oxidation sites excluding steroid dienone is 1. The molecule has 4 heteroatoms. The molecule has 1 heterocycles. The Kier molecular flexibility index (Phi) is 5.76. The normalized spacial score (nSPS) is 11.7. The molecule has 0 saturated carbocycles. The quantitative estimate of drug-likeness (QED) is 0.349. The van der Waals surface area contributed by atoms with E-state index in [1.807, 2.05) is 110 Å². The second-order valence-electron chi connectivity index (χ2n) is 6.88. The number of rotatable bonds is 5. The summed E-state index contributed by atoms with van der Waals surface area (Å²) in [6, 6.07) is 29.2. The third-order valence-corrected chi connectivity index (χ3v) is 4.68. The van der Waals surface area contributed by atoms with Crippen molar-refractivity contribution in [3.8, 4) is 11.3 Å². The Labute approximate surface area is 175 Å². The van der Waals surface area contributed by atoms with Gasteiger partial charge in [0.15, 0.2) is 0 Å². The van der Waals surface area contributed by atoms with Crippen molar-refractivity contribution in [1.82, 2.24) is 10.4 Å². The van der Waals surface area contributed by atoms with Crippen LogP contribution in [-0.4, -0.2) is 16.6 Å². The SMILES string of the molecule is CC(C=Cc1ccccc1)=NNC(=O)c1cc(-c2ccccc2)nc2ccccc12. The highest BCUT2D eigenvalue weighted by Gasteiger charge is 2.13. The van der Waals surface area contributed by atoms with E-state index in [2.05, 4.69) is 10.5 Å². The largest absolute Gasteiger partial charge is 0.272 e. The number of carbonyl (C=O) groups excluding carboxylic acids is 1. The fourth-order valence-corrected chi connectivity index (χ4v) is 3.14. The minimum absolute atomic E-state index is 0.266. The maximum absolute atomic E-state index is 13.0. The molecule has 0 aliphatic heterocycles. The van der Waals surface area contributed by atoms with Crippen LogP contribution in [0.15, 0.2) is 102 Å². The first-order valence-electron chi connectivity index (χ1n) is 9.74. The summed E-state index contributed by atoms with van der Waals surface area (Å²) >= 11 is 0. The molecule has 4 aromatic rings. The van der Waals surface area contributed by atoms with Gasteiger partial charge >= 0.3 is 0 Å². The van der Waals surface area contributed by atoms with Crippen molar-refractivity contribution in [3.05, 3.63) is 108 Å². The molecule has 0 atom stereocenters. The first-order valence-corrected chi connectivity index (χ1v) is 9.74. The van der Waals surface area contributed by atoms with Crippen LogP contribution in [0.25, 0.3) is 28.2 Å². The average molecular weight is 391 g/mol. The van der Waals surface area contributed by atoms with Crippen LogP contribution >= 0.6 is 0 Å². The molecular formula is C26H21N3O. The molecule has 0 unspecified atom stereocenters. The van der Waals surface area contributed by atoms with Crippen LogP contribution in [0.3, 0.4) is 0 Å². The zero-order valence-electron chi connectivity index (χ0n) is 16.6. The summed E-state index contributed by atoms with van der Waals surface area (Å²) in [7, 11) is 0. The summed E-state index contributed by atoms with van der Waals surface area (Å²) in [5, 5.41) is 5.03. The lowest BCUT2D eigenvalue weighted by Crippen LogP contribution is -2.19. The van der Waals surface area contributed by atoms with E-state index in [1.165, 1.54) is 0 Å². The van der Waals surface area contributed by atoms with Crippen molar-refractivity contribution < 1.29 is 4.79 Å². The maximum atomic E-state index is 13.0. The van der Waals surface area contributed by atoms with Crippen LogP contribution in [0.5, 0.6) is 0 Å². The van der Waals surface area contributed by atoms with Crippen LogP contribution in [0.1, 0.15) is 22.8 Å². The monoisotopic (exact) mass is 391 g/mol. The molecule has 4 nitrogen and oxygen atoms in total. The molecule has 4 rings (SSSR count). The van der Waals surface area contributed by atoms with Gasteiger partial charge in [0, 0.05) is 10.9 Å². The third-order valence-electron chi connectivity index (χ3n) is 4.68. The Balaban J connectivity index is 1.62. The van der Waals surface area contributed by atoms with Gasteiger partial charge in [-0.1, -0.05) is 84.9 Å². The maximum Gasteiger partial charge on any atom is 0.272 e. The summed E-state index contributed by atoms with van der Waals surface area (Å²) in [5.41, 5.74) is 7.48. The smallest absolute Gasteiger partial charge is 0.267 e. The van der Waals surface area contributed by atoms with Gasteiger partial charge in [-0.3, -0.25) is 4.79 Å². The number of para-hydroxylation sites is 1. The van der Waals surface area contributed by atoms with Crippen molar-refractivity contribution in [2.45, 2.75) is 6.92 Å². The van der Waals surface area contributed by atoms with Gasteiger partial charge in [0.1, 0.15) is 0 Å². The van der Waals surface area contributed by atoms with E-state index in [-0.39, 0.29) is 5.91 Å². The molecular weight excluding hydrogens is 370 g/mol. The van der Waals surface area contributed by atoms with Crippen LogP contribution in [0, 0.1) is 0 Å². The number of pyridine rings is 1. The minimum atomic E-state index is -0.266. The van der Waals surface area contributed by atoms with Gasteiger partial charge in [0.25, 0.3) is 5.91 Å². The van der Waals surface area contributed by atoms with E-state index in [9.17, 15) is 4.79 Å². The molecule has 0 spiro atoms. The van der Waals surface area contributed by atoms with E-state index in [1.54, 1.807) is 0 Å². The Morgan fingerprint density at radius 3 is 2.33 bits per heavy atom. The minimum Gasteiger partial charge on any atom is -0.267 e. The van der Waals surface area contributed by atoms with E-state index in [4.69, 9.17) is 4.98 Å². The van der Waals surface area contributed by atoms with Crippen molar-refractivity contribution in [2.24, 2.45) is 5.10 Å². The lowest BCUT2D eigenvalue weighted by molar-refractivity contribution is 0.0956. The summed E-state index contributed by atoms with van der Waals surface area (Å²) in [6.45, 7) is 1.85. The molecule has 0 saturated heterocycles. The van der Waals surface area contributed by atoms with Crippen molar-refractivity contribution >= 4 is 28.6 Å². The molecule has 1 N–H and O–H groups in total. The number of carbonyl (C=O) groups is 1. The number of nitrogens with one attached hydrogen (secondary N) is 1. The number of fused-ring (bicyclic) bond motifs is 1. The fraction of sp³-hybridized carbons (Fsp3) is 0.0385. The first-order chi connectivity index (χ1) is 14.7. The van der Waals surface area contributed by atoms with Crippen molar-refractivity contribution in [2.75, 3.05) is 0 Å². The zero-order chi connectivity index (χ0) is 20.8. The first kappa shape index (κ1) is 19.3. The molecule has 0 radical (unpaired) electrons. The predicted octanol–water partition coefficient (Wildman–Crippen LogP) is 5.72. The highest BCUT2D eigenvalue weighted by Crippen LogP contribution is 2.24. The fourth-order valence-electron chi connectivity index (χ4n) is 3.14. The molecule has 0 fully saturated rings. The number of aromatic nitrogens is 1. The molecule has 146 valence electrons. The van der Waals surface area contributed by atoms with Gasteiger partial charge in [-0.15, -0.1) is 0 Å². The predicted molar refractivity (Wildman–Crippen MR) is 123 cm³/mol. The topological polar surface area (TPSA) is 54.4 Å². The van der Waals surface area contributed by atoms with Gasteiger partial charge in [0.2, 0.25) is 0 Å². The second-order valence-corrected chi connectivity index (χ2v) is 6.88. The number of hydrogen-bond acceptors (Lipinski definition) is 3. The Hall–Kier alpha value is -4.05. The Morgan fingerprint density at radius 2 is 1.57 bits per heavy atom. The highest BCUT2D eigenvalue weighted by molar-refractivity contribution is 6.07. The number of hydrazone groups is 1. The molecule has 1 aromatic heterocycles. The lowest BCUT2D eigenvalue weighted by atomic mass is 10.0. The van der Waals surface area contributed by atoms with Crippen LogP contribution < -0.4 is 5.43 Å². The highest BCUT2D eigenvalue weighted by atomic mass is 16.2. The zero-order valence-corrected chi connectivity index (χ0v) is 16.6. The van der Waals surface area contributed by atoms with Crippen molar-refractivity contribution in [1.29, 1.82) is 0 Å². The number of nitrogens with zero attached hydrogens (tertiary/aromatic N) is 2. The molecule has 0 aliphatic rings. The molecule has 1 amide bonds. The van der Waals surface area contributed by atoms with Crippen LogP contribution in [0.4, 0.5) is 0 Å². The van der Waals surface area contributed by atoms with E-state index in [0.29, 0.717) is 11.3 Å². The summed E-state index contributed by atoms with van der Waals surface area (Å²) in [5.74, 6) is -0.266. The van der Waals surface area contributed by atoms with Crippen LogP contribution in [0.2, 0.25) is 0 Å². The third kappa shape index (κ3) is 4.50. The van der Waals surface area contributed by atoms with Gasteiger partial charge in [-0.25, -0.2) is 10.4 Å². The van der Waals surface area contributed by atoms with E-state index in [0.717, 1.165) is 27.7 Å². The van der Waals surface area contributed by atoms with Gasteiger partial charge < -0.3 is 0 Å². The molecule has 0 bridgehead atoms. The summed E-state index contributed by atoms with van der Waals surface area (Å²) < 4.78 is 0. The standard InChI is InChI=1S/C26H21N3O/c1-19(16-17-20-10-4-2-5-11-20)28-29-26(30)23-18-25(21-12-6-3-7-13-21)27-24-15-9-8-14-22(23)24/h2-18H,1H3,(H,29,30). The van der Waals surface area contributed by atoms with Gasteiger partial charge in [-0.2, -0.15) is 5.10 Å². The second kappa shape index (κ2) is 8.97. The summed E-state index contributed by atoms with van der Waals surface area (Å²) in [6.07, 6.45) is 3.83. The molecule has 3 aromatic carbocycles. The molecule has 30 heavy (non-hydrogen) atoms. The number of benzene rings is 3. The molecule has 0 aliphatic carbocycles. The van der Waals surface area contributed by atoms with E-state index >= 15 is 0 Å². The van der Waals surface area contributed by atoms with Gasteiger partial charge in [-0.05, 0) is 30.7 Å². The number of amides is 1. The Morgan fingerprint density at radius 1 is 0.900 bits per heavy atom. The lowest BCUT2D eigenvalue weighted by Gasteiger charge is -2.09. The van der Waals surface area contributed by atoms with Crippen molar-refractivity contribution in [3.63, 3.8) is 0 Å². The van der Waals surface area contributed by atoms with Gasteiger partial charge in [0.05, 0.1) is 22.5 Å². The average Bonchev–Trinajstić information content (AvgIpc) is 2.81. The number of hydrogen-bond donors (Lipinski definition) is 1. The summed E-state index contributed by atoms with van der Waals surface area (Å²) in [4.78, 5) is 17.7.